The lowest BCUT2D eigenvalue weighted by molar-refractivity contribution is -0.136. The van der Waals surface area contributed by atoms with E-state index in [0.717, 1.165) is 94.0 Å². The number of phenolic OH excluding ortho intramolecular Hbond substituents is 1. The number of anilines is 2. The molecule has 3 saturated heterocycles. The number of hydrogen-bond acceptors (Lipinski definition) is 7. The fraction of sp³-hybridized carbons (Fsp3) is 0.523. The van der Waals surface area contributed by atoms with E-state index in [4.69, 9.17) is 0 Å². The summed E-state index contributed by atoms with van der Waals surface area (Å²) >= 11 is 0. The second kappa shape index (κ2) is 14.7. The number of hydrogen-bond donors (Lipinski definition) is 2. The number of nitrogens with zero attached hydrogens (tertiary/aromatic N) is 4. The highest BCUT2D eigenvalue weighted by Gasteiger charge is 2.40. The van der Waals surface area contributed by atoms with Crippen LogP contribution in [0.4, 0.5) is 15.8 Å². The first-order valence-corrected chi connectivity index (χ1v) is 20.4. The van der Waals surface area contributed by atoms with Crippen molar-refractivity contribution in [2.75, 3.05) is 55.6 Å². The maximum atomic E-state index is 16.1. The predicted octanol–water partition coefficient (Wildman–Crippen LogP) is 6.22. The van der Waals surface area contributed by atoms with E-state index in [1.807, 2.05) is 30.3 Å². The highest BCUT2D eigenvalue weighted by Crippen LogP contribution is 2.49. The number of carbonyl (C=O) groups excluding carboxylic acids is 3. The van der Waals surface area contributed by atoms with Gasteiger partial charge in [0.25, 0.3) is 5.91 Å². The number of phenols is 1. The van der Waals surface area contributed by atoms with Crippen molar-refractivity contribution in [2.24, 2.45) is 17.8 Å². The minimum atomic E-state index is -0.599. The first-order chi connectivity index (χ1) is 26.3. The number of rotatable bonds is 7. The van der Waals surface area contributed by atoms with Crippen LogP contribution in [-0.2, 0) is 22.6 Å². The fourth-order valence-electron chi connectivity index (χ4n) is 10.8. The summed E-state index contributed by atoms with van der Waals surface area (Å²) in [6, 6.07) is 17.3. The number of carbonyl (C=O) groups is 3. The standard InChI is InChI=1S/C44H52FN5O4/c45-38-25-31(42-35(29-3-1-2-4-29)9-5-30-24-34(51)8-11-36(30)42)6-12-39(38)49-17-15-28(16-18-49)26-47-19-21-48(22-20-47)33-7-10-37-32(23-33)27-50(44(37)54)40-13-14-41(52)46-43(40)53/h6-8,10-12,23-25,28-29,35,40,42,51H,1-5,9,13-22,26-27H2,(H,46,52,53). The Balaban J connectivity index is 0.785. The fourth-order valence-corrected chi connectivity index (χ4v) is 10.8. The molecule has 3 atom stereocenters. The molecular formula is C44H52FN5O4. The number of benzene rings is 3. The van der Waals surface area contributed by atoms with E-state index in [-0.39, 0.29) is 35.9 Å². The number of nitrogens with one attached hydrogen (secondary N) is 1. The van der Waals surface area contributed by atoms with Crippen LogP contribution in [0.3, 0.4) is 0 Å². The van der Waals surface area contributed by atoms with E-state index in [2.05, 4.69) is 38.2 Å². The Morgan fingerprint density at radius 2 is 1.56 bits per heavy atom. The molecule has 0 bridgehead atoms. The zero-order valence-electron chi connectivity index (χ0n) is 31.1. The Hall–Kier alpha value is -4.44. The molecule has 9 rings (SSSR count). The van der Waals surface area contributed by atoms with Gasteiger partial charge in [-0.05, 0) is 115 Å². The molecule has 4 fully saturated rings. The Morgan fingerprint density at radius 3 is 2.31 bits per heavy atom. The lowest BCUT2D eigenvalue weighted by atomic mass is 9.66. The van der Waals surface area contributed by atoms with Gasteiger partial charge in [0.1, 0.15) is 17.6 Å². The maximum Gasteiger partial charge on any atom is 0.255 e. The van der Waals surface area contributed by atoms with Crippen LogP contribution in [0, 0.1) is 23.6 Å². The number of piperidine rings is 2. The van der Waals surface area contributed by atoms with Crippen molar-refractivity contribution in [3.05, 3.63) is 88.2 Å². The molecule has 6 aliphatic rings. The van der Waals surface area contributed by atoms with E-state index in [1.165, 1.54) is 36.8 Å². The van der Waals surface area contributed by atoms with Crippen molar-refractivity contribution in [1.29, 1.82) is 0 Å². The highest BCUT2D eigenvalue weighted by molar-refractivity contribution is 6.05. The third-order valence-corrected chi connectivity index (χ3v) is 13.7. The number of fused-ring (bicyclic) bond motifs is 2. The summed E-state index contributed by atoms with van der Waals surface area (Å²) in [7, 11) is 0. The van der Waals surface area contributed by atoms with E-state index in [9.17, 15) is 19.5 Å². The minimum Gasteiger partial charge on any atom is -0.508 e. The number of aryl methyl sites for hydroxylation is 1. The summed E-state index contributed by atoms with van der Waals surface area (Å²) < 4.78 is 16.1. The second-order valence-corrected chi connectivity index (χ2v) is 16.8. The van der Waals surface area contributed by atoms with Crippen molar-refractivity contribution in [3.63, 3.8) is 0 Å². The van der Waals surface area contributed by atoms with Gasteiger partial charge in [0, 0.05) is 75.9 Å². The minimum absolute atomic E-state index is 0.113. The molecule has 0 aromatic heterocycles. The van der Waals surface area contributed by atoms with Gasteiger partial charge < -0.3 is 19.8 Å². The van der Waals surface area contributed by atoms with Gasteiger partial charge in [0.2, 0.25) is 11.8 Å². The average Bonchev–Trinajstić information content (AvgIpc) is 3.83. The summed E-state index contributed by atoms with van der Waals surface area (Å²) in [5, 5.41) is 12.6. The molecule has 284 valence electrons. The number of imide groups is 1. The van der Waals surface area contributed by atoms with E-state index >= 15 is 4.39 Å². The molecule has 0 spiro atoms. The summed E-state index contributed by atoms with van der Waals surface area (Å²) in [4.78, 5) is 46.0. The van der Waals surface area contributed by atoms with E-state index < -0.39 is 6.04 Å². The molecule has 3 unspecified atom stereocenters. The normalized spacial score (nSPS) is 25.6. The largest absolute Gasteiger partial charge is 0.508 e. The van der Waals surface area contributed by atoms with E-state index in [0.29, 0.717) is 42.0 Å². The Morgan fingerprint density at radius 1 is 0.759 bits per heavy atom. The molecular weight excluding hydrogens is 682 g/mol. The summed E-state index contributed by atoms with van der Waals surface area (Å²) in [5.41, 5.74) is 6.98. The molecule has 4 aliphatic heterocycles. The van der Waals surface area contributed by atoms with Gasteiger partial charge in [0.05, 0.1) is 5.69 Å². The van der Waals surface area contributed by atoms with Gasteiger partial charge >= 0.3 is 0 Å². The van der Waals surface area contributed by atoms with Gasteiger partial charge in [0.15, 0.2) is 0 Å². The van der Waals surface area contributed by atoms with Crippen LogP contribution in [0.25, 0.3) is 0 Å². The molecule has 2 N–H and O–H groups in total. The zero-order chi connectivity index (χ0) is 36.9. The highest BCUT2D eigenvalue weighted by atomic mass is 19.1. The molecule has 1 saturated carbocycles. The molecule has 3 aromatic carbocycles. The summed E-state index contributed by atoms with van der Waals surface area (Å²) in [6.45, 7) is 6.94. The molecule has 3 aromatic rings. The van der Waals surface area contributed by atoms with Crippen LogP contribution < -0.4 is 15.1 Å². The van der Waals surface area contributed by atoms with Crippen molar-refractivity contribution in [1.82, 2.24) is 15.1 Å². The predicted molar refractivity (Wildman–Crippen MR) is 206 cm³/mol. The number of amides is 3. The Bertz CT molecular complexity index is 1930. The number of halogens is 1. The lowest BCUT2D eigenvalue weighted by Gasteiger charge is -2.40. The van der Waals surface area contributed by atoms with Crippen LogP contribution in [0.2, 0.25) is 0 Å². The summed E-state index contributed by atoms with van der Waals surface area (Å²) in [5.74, 6) is 1.37. The Kier molecular flexibility index (Phi) is 9.58. The average molecular weight is 734 g/mol. The SMILES string of the molecule is O=C1CCC(N2Cc3cc(N4CCN(CC5CCN(c6ccc(C7c8ccc(O)cc8CCC7C7CCCC7)cc6F)CC5)CC4)ccc3C2=O)C(=O)N1. The third-order valence-electron chi connectivity index (χ3n) is 13.7. The molecule has 4 heterocycles. The molecule has 9 nitrogen and oxygen atoms in total. The molecule has 3 amide bonds. The van der Waals surface area contributed by atoms with Gasteiger partial charge in [-0.2, -0.15) is 0 Å². The van der Waals surface area contributed by atoms with Crippen LogP contribution in [-0.4, -0.2) is 84.5 Å². The first kappa shape index (κ1) is 35.3. The quantitative estimate of drug-likeness (QED) is 0.279. The van der Waals surface area contributed by atoms with Crippen molar-refractivity contribution >= 4 is 29.1 Å². The van der Waals surface area contributed by atoms with Crippen LogP contribution in [0.5, 0.6) is 5.75 Å². The molecule has 2 aliphatic carbocycles. The summed E-state index contributed by atoms with van der Waals surface area (Å²) in [6.07, 6.45) is 9.94. The topological polar surface area (TPSA) is 96.4 Å². The van der Waals surface area contributed by atoms with Gasteiger partial charge in [-0.1, -0.05) is 37.8 Å². The van der Waals surface area contributed by atoms with Gasteiger partial charge in [-0.15, -0.1) is 0 Å². The lowest BCUT2D eigenvalue weighted by Crippen LogP contribution is -2.52. The second-order valence-electron chi connectivity index (χ2n) is 16.8. The Labute approximate surface area is 317 Å². The van der Waals surface area contributed by atoms with Crippen LogP contribution in [0.15, 0.2) is 54.6 Å². The first-order valence-electron chi connectivity index (χ1n) is 20.4. The van der Waals surface area contributed by atoms with Crippen molar-refractivity contribution in [3.8, 4) is 5.75 Å². The van der Waals surface area contributed by atoms with Gasteiger partial charge in [-0.3, -0.25) is 24.6 Å². The smallest absolute Gasteiger partial charge is 0.255 e. The number of aromatic hydroxyl groups is 1. The molecule has 10 heteroatoms. The van der Waals surface area contributed by atoms with Gasteiger partial charge in [-0.25, -0.2) is 4.39 Å². The zero-order valence-corrected chi connectivity index (χ0v) is 31.1. The van der Waals surface area contributed by atoms with Crippen LogP contribution in [0.1, 0.15) is 96.3 Å². The maximum absolute atomic E-state index is 16.1. The molecule has 54 heavy (non-hydrogen) atoms. The van der Waals surface area contributed by atoms with Crippen molar-refractivity contribution in [2.45, 2.75) is 82.7 Å². The third kappa shape index (κ3) is 6.75. The van der Waals surface area contributed by atoms with Crippen LogP contribution >= 0.6 is 0 Å². The van der Waals surface area contributed by atoms with Crippen molar-refractivity contribution < 1.29 is 23.9 Å². The monoisotopic (exact) mass is 733 g/mol. The molecule has 0 radical (unpaired) electrons. The van der Waals surface area contributed by atoms with E-state index in [1.54, 1.807) is 11.0 Å². The number of piperazine rings is 1.